The van der Waals surface area contributed by atoms with Gasteiger partial charge in [-0.1, -0.05) is 72.2 Å². The van der Waals surface area contributed by atoms with Crippen LogP contribution in [-0.2, 0) is 12.2 Å². The van der Waals surface area contributed by atoms with Crippen molar-refractivity contribution >= 4 is 29.6 Å². The highest BCUT2D eigenvalue weighted by Gasteiger charge is 2.11. The second kappa shape index (κ2) is 9.01. The minimum Gasteiger partial charge on any atom is -0.191 e. The number of benzene rings is 2. The van der Waals surface area contributed by atoms with Crippen molar-refractivity contribution in [2.45, 2.75) is 37.6 Å². The fraction of sp³-hybridized carbons (Fsp3) is 0.250. The van der Waals surface area contributed by atoms with Crippen molar-refractivity contribution in [2.24, 2.45) is 5.10 Å². The van der Waals surface area contributed by atoms with Gasteiger partial charge in [-0.3, -0.25) is 0 Å². The van der Waals surface area contributed by atoms with Crippen molar-refractivity contribution < 1.29 is 0 Å². The minimum absolute atomic E-state index is 0.745. The number of halogens is 1. The molecule has 6 heteroatoms. The summed E-state index contributed by atoms with van der Waals surface area (Å²) in [5.41, 5.74) is 3.47. The van der Waals surface area contributed by atoms with Crippen molar-refractivity contribution in [3.63, 3.8) is 0 Å². The molecule has 1 heterocycles. The molecule has 0 radical (unpaired) electrons. The SMILES string of the molecule is CCCc1nnc(SCc2ccc(Cl)cc2)n1/N=C\c1cccc(C)c1. The number of thioether (sulfide) groups is 1. The monoisotopic (exact) mass is 384 g/mol. The molecule has 3 rings (SSSR count). The highest BCUT2D eigenvalue weighted by Crippen LogP contribution is 2.23. The van der Waals surface area contributed by atoms with Crippen LogP contribution in [0.3, 0.4) is 0 Å². The summed E-state index contributed by atoms with van der Waals surface area (Å²) in [4.78, 5) is 0. The van der Waals surface area contributed by atoms with Gasteiger partial charge in [0.2, 0.25) is 5.16 Å². The summed E-state index contributed by atoms with van der Waals surface area (Å²) in [7, 11) is 0. The van der Waals surface area contributed by atoms with E-state index in [-0.39, 0.29) is 0 Å². The number of aryl methyl sites for hydroxylation is 2. The van der Waals surface area contributed by atoms with Crippen LogP contribution in [-0.4, -0.2) is 21.1 Å². The number of aromatic nitrogens is 3. The third-order valence-corrected chi connectivity index (χ3v) is 5.04. The highest BCUT2D eigenvalue weighted by molar-refractivity contribution is 7.98. The number of hydrogen-bond donors (Lipinski definition) is 0. The first-order chi connectivity index (χ1) is 12.7. The lowest BCUT2D eigenvalue weighted by molar-refractivity contribution is 0.700. The molecular weight excluding hydrogens is 364 g/mol. The summed E-state index contributed by atoms with van der Waals surface area (Å²) < 4.78 is 1.85. The van der Waals surface area contributed by atoms with E-state index in [1.807, 2.05) is 47.3 Å². The third kappa shape index (κ3) is 4.96. The molecule has 2 aromatic carbocycles. The molecule has 3 aromatic rings. The number of rotatable bonds is 7. The van der Waals surface area contributed by atoms with Crippen LogP contribution in [0, 0.1) is 6.92 Å². The summed E-state index contributed by atoms with van der Waals surface area (Å²) in [6.07, 6.45) is 3.71. The quantitative estimate of drug-likeness (QED) is 0.406. The van der Waals surface area contributed by atoms with Crippen LogP contribution in [0.1, 0.15) is 35.9 Å². The molecule has 26 heavy (non-hydrogen) atoms. The Morgan fingerprint density at radius 2 is 1.96 bits per heavy atom. The molecule has 0 spiro atoms. The van der Waals surface area contributed by atoms with Crippen LogP contribution in [0.2, 0.25) is 5.02 Å². The summed E-state index contributed by atoms with van der Waals surface area (Å²) in [5, 5.41) is 14.8. The first-order valence-electron chi connectivity index (χ1n) is 8.58. The van der Waals surface area contributed by atoms with Gasteiger partial charge in [-0.25, -0.2) is 0 Å². The van der Waals surface area contributed by atoms with Crippen LogP contribution in [0.25, 0.3) is 0 Å². The molecule has 0 aliphatic rings. The van der Waals surface area contributed by atoms with E-state index in [9.17, 15) is 0 Å². The van der Waals surface area contributed by atoms with Gasteiger partial charge in [-0.15, -0.1) is 10.2 Å². The van der Waals surface area contributed by atoms with Crippen molar-refractivity contribution in [1.29, 1.82) is 0 Å². The molecule has 0 aliphatic heterocycles. The van der Waals surface area contributed by atoms with E-state index in [4.69, 9.17) is 11.6 Å². The molecule has 0 atom stereocenters. The molecule has 0 bridgehead atoms. The lowest BCUT2D eigenvalue weighted by Crippen LogP contribution is -2.00. The lowest BCUT2D eigenvalue weighted by Gasteiger charge is -2.04. The number of nitrogens with zero attached hydrogens (tertiary/aromatic N) is 4. The first-order valence-corrected chi connectivity index (χ1v) is 9.94. The maximum atomic E-state index is 5.95. The summed E-state index contributed by atoms with van der Waals surface area (Å²) >= 11 is 7.57. The predicted octanol–water partition coefficient (Wildman–Crippen LogP) is 5.37. The van der Waals surface area contributed by atoms with Gasteiger partial charge >= 0.3 is 0 Å². The molecule has 0 saturated heterocycles. The lowest BCUT2D eigenvalue weighted by atomic mass is 10.2. The molecule has 0 aliphatic carbocycles. The smallest absolute Gasteiger partial charge is 0.191 e. The van der Waals surface area contributed by atoms with E-state index < -0.39 is 0 Å². The Labute approximate surface area is 163 Å². The zero-order valence-corrected chi connectivity index (χ0v) is 16.5. The molecule has 1 aromatic heterocycles. The summed E-state index contributed by atoms with van der Waals surface area (Å²) in [6.45, 7) is 4.20. The second-order valence-corrected chi connectivity index (χ2v) is 7.41. The average molecular weight is 385 g/mol. The van der Waals surface area contributed by atoms with Crippen molar-refractivity contribution in [1.82, 2.24) is 14.9 Å². The molecule has 0 amide bonds. The fourth-order valence-electron chi connectivity index (χ4n) is 2.48. The third-order valence-electron chi connectivity index (χ3n) is 3.80. The maximum absolute atomic E-state index is 5.95. The van der Waals surface area contributed by atoms with Crippen molar-refractivity contribution in [3.8, 4) is 0 Å². The van der Waals surface area contributed by atoms with Gasteiger partial charge in [0.25, 0.3) is 0 Å². The molecule has 134 valence electrons. The van der Waals surface area contributed by atoms with Gasteiger partial charge < -0.3 is 0 Å². The predicted molar refractivity (Wildman–Crippen MR) is 109 cm³/mol. The van der Waals surface area contributed by atoms with E-state index in [1.165, 1.54) is 11.1 Å². The average Bonchev–Trinajstić information content (AvgIpc) is 3.02. The van der Waals surface area contributed by atoms with Gasteiger partial charge in [-0.05, 0) is 36.6 Å². The number of hydrogen-bond acceptors (Lipinski definition) is 4. The molecular formula is C20H21ClN4S. The standard InChI is InChI=1S/C20H21ClN4S/c1-3-5-19-23-24-20(26-14-16-8-10-18(21)11-9-16)25(19)22-13-17-7-4-6-15(2)12-17/h4,6-13H,3,5,14H2,1-2H3/b22-13-. The van der Waals surface area contributed by atoms with E-state index in [1.54, 1.807) is 11.8 Å². The summed E-state index contributed by atoms with van der Waals surface area (Å²) in [5.74, 6) is 1.68. The van der Waals surface area contributed by atoms with E-state index in [2.05, 4.69) is 41.3 Å². The minimum atomic E-state index is 0.745. The summed E-state index contributed by atoms with van der Waals surface area (Å²) in [6, 6.07) is 16.1. The largest absolute Gasteiger partial charge is 0.212 e. The molecule has 0 unspecified atom stereocenters. The zero-order chi connectivity index (χ0) is 18.4. The Hall–Kier alpha value is -2.11. The fourth-order valence-corrected chi connectivity index (χ4v) is 3.47. The van der Waals surface area contributed by atoms with E-state index in [0.29, 0.717) is 0 Å². The Morgan fingerprint density at radius 3 is 2.69 bits per heavy atom. The highest BCUT2D eigenvalue weighted by atomic mass is 35.5. The second-order valence-electron chi connectivity index (χ2n) is 6.03. The van der Waals surface area contributed by atoms with Crippen molar-refractivity contribution in [2.75, 3.05) is 0 Å². The van der Waals surface area contributed by atoms with Gasteiger partial charge in [-0.2, -0.15) is 9.78 Å². The maximum Gasteiger partial charge on any atom is 0.212 e. The van der Waals surface area contributed by atoms with Crippen LogP contribution in [0.4, 0.5) is 0 Å². The van der Waals surface area contributed by atoms with Gasteiger partial charge in [0, 0.05) is 17.2 Å². The Morgan fingerprint density at radius 1 is 1.15 bits per heavy atom. The normalized spacial score (nSPS) is 11.3. The van der Waals surface area contributed by atoms with Gasteiger partial charge in [0.1, 0.15) is 0 Å². The topological polar surface area (TPSA) is 43.1 Å². The Kier molecular flexibility index (Phi) is 6.47. The first kappa shape index (κ1) is 18.7. The molecule has 0 fully saturated rings. The Bertz CT molecular complexity index is 887. The van der Waals surface area contributed by atoms with Crippen LogP contribution >= 0.6 is 23.4 Å². The molecule has 4 nitrogen and oxygen atoms in total. The van der Waals surface area contributed by atoms with E-state index >= 15 is 0 Å². The van der Waals surface area contributed by atoms with Crippen LogP contribution < -0.4 is 0 Å². The zero-order valence-electron chi connectivity index (χ0n) is 14.9. The van der Waals surface area contributed by atoms with Gasteiger partial charge in [0.15, 0.2) is 5.82 Å². The molecule has 0 saturated carbocycles. The van der Waals surface area contributed by atoms with Crippen molar-refractivity contribution in [3.05, 3.63) is 76.1 Å². The molecule has 0 N–H and O–H groups in total. The van der Waals surface area contributed by atoms with E-state index in [0.717, 1.165) is 40.2 Å². The van der Waals surface area contributed by atoms with Crippen LogP contribution in [0.5, 0.6) is 0 Å². The van der Waals surface area contributed by atoms with Crippen LogP contribution in [0.15, 0.2) is 58.8 Å². The Balaban J connectivity index is 1.80. The van der Waals surface area contributed by atoms with Gasteiger partial charge in [0.05, 0.1) is 6.21 Å².